The van der Waals surface area contributed by atoms with Crippen LogP contribution in [0.25, 0.3) is 0 Å². The molecular formula is C14H16Br2N2. The van der Waals surface area contributed by atoms with Gasteiger partial charge in [-0.3, -0.25) is 0 Å². The second-order valence-electron chi connectivity index (χ2n) is 4.24. The van der Waals surface area contributed by atoms with E-state index < -0.39 is 0 Å². The minimum atomic E-state index is 0.839. The van der Waals surface area contributed by atoms with Crippen molar-refractivity contribution in [1.29, 1.82) is 0 Å². The zero-order chi connectivity index (χ0) is 13.0. The molecule has 1 heterocycles. The monoisotopic (exact) mass is 370 g/mol. The van der Waals surface area contributed by atoms with E-state index in [9.17, 15) is 0 Å². The fourth-order valence-corrected chi connectivity index (χ4v) is 2.57. The molecule has 2 rings (SSSR count). The van der Waals surface area contributed by atoms with E-state index in [2.05, 4.69) is 73.2 Å². The van der Waals surface area contributed by atoms with Gasteiger partial charge >= 0.3 is 0 Å². The van der Waals surface area contributed by atoms with Gasteiger partial charge in [0.05, 0.1) is 0 Å². The highest BCUT2D eigenvalue weighted by atomic mass is 79.9. The molecule has 4 heteroatoms. The molecule has 0 saturated carbocycles. The molecule has 0 radical (unpaired) electrons. The highest BCUT2D eigenvalue weighted by Crippen LogP contribution is 2.26. The van der Waals surface area contributed by atoms with E-state index in [0.717, 1.165) is 27.7 Å². The van der Waals surface area contributed by atoms with Gasteiger partial charge < -0.3 is 9.88 Å². The Balaban J connectivity index is 1.99. The third-order valence-corrected chi connectivity index (χ3v) is 3.89. The summed E-state index contributed by atoms with van der Waals surface area (Å²) in [4.78, 5) is 0. The van der Waals surface area contributed by atoms with Crippen LogP contribution >= 0.6 is 31.9 Å². The first kappa shape index (κ1) is 13.7. The van der Waals surface area contributed by atoms with Crippen molar-refractivity contribution in [1.82, 2.24) is 4.57 Å². The number of anilines is 1. The normalized spacial score (nSPS) is 10.6. The van der Waals surface area contributed by atoms with Crippen molar-refractivity contribution in [3.63, 3.8) is 0 Å². The summed E-state index contributed by atoms with van der Waals surface area (Å²) in [5.41, 5.74) is 2.41. The topological polar surface area (TPSA) is 17.0 Å². The lowest BCUT2D eigenvalue weighted by atomic mass is 10.3. The smallest absolute Gasteiger partial charge is 0.0498 e. The lowest BCUT2D eigenvalue weighted by Crippen LogP contribution is -1.99. The molecule has 0 aliphatic rings. The third kappa shape index (κ3) is 3.62. The SMILES string of the molecule is CCCn1ccc(CNc2cc(Br)ccc2Br)c1. The minimum Gasteiger partial charge on any atom is -0.380 e. The van der Waals surface area contributed by atoms with E-state index in [-0.39, 0.29) is 0 Å². The van der Waals surface area contributed by atoms with Crippen LogP contribution in [0, 0.1) is 0 Å². The Hall–Kier alpha value is -0.740. The van der Waals surface area contributed by atoms with Crippen molar-refractivity contribution >= 4 is 37.5 Å². The van der Waals surface area contributed by atoms with E-state index >= 15 is 0 Å². The van der Waals surface area contributed by atoms with E-state index in [1.807, 2.05) is 12.1 Å². The lowest BCUT2D eigenvalue weighted by molar-refractivity contribution is 0.681. The summed E-state index contributed by atoms with van der Waals surface area (Å²) in [7, 11) is 0. The van der Waals surface area contributed by atoms with Gasteiger partial charge in [-0.15, -0.1) is 0 Å². The van der Waals surface area contributed by atoms with Gasteiger partial charge in [0.1, 0.15) is 0 Å². The van der Waals surface area contributed by atoms with E-state index in [0.29, 0.717) is 0 Å². The van der Waals surface area contributed by atoms with Gasteiger partial charge in [-0.05, 0) is 52.2 Å². The predicted molar refractivity (Wildman–Crippen MR) is 83.9 cm³/mol. The third-order valence-electron chi connectivity index (χ3n) is 2.70. The van der Waals surface area contributed by atoms with Crippen LogP contribution in [0.4, 0.5) is 5.69 Å². The molecule has 0 fully saturated rings. The maximum absolute atomic E-state index is 3.55. The number of aromatic nitrogens is 1. The van der Waals surface area contributed by atoms with Crippen LogP contribution in [0.5, 0.6) is 0 Å². The Kier molecular flexibility index (Phi) is 4.89. The molecule has 18 heavy (non-hydrogen) atoms. The molecule has 1 aromatic heterocycles. The molecular weight excluding hydrogens is 356 g/mol. The molecule has 1 aromatic carbocycles. The minimum absolute atomic E-state index is 0.839. The average Bonchev–Trinajstić information content (AvgIpc) is 2.79. The molecule has 0 atom stereocenters. The van der Waals surface area contributed by atoms with Crippen molar-refractivity contribution in [3.05, 3.63) is 51.2 Å². The van der Waals surface area contributed by atoms with E-state index in [1.165, 1.54) is 12.0 Å². The number of hydrogen-bond acceptors (Lipinski definition) is 1. The molecule has 0 saturated heterocycles. The average molecular weight is 372 g/mol. The summed E-state index contributed by atoms with van der Waals surface area (Å²) in [6.07, 6.45) is 5.50. The highest BCUT2D eigenvalue weighted by molar-refractivity contribution is 9.11. The summed E-state index contributed by atoms with van der Waals surface area (Å²) >= 11 is 7.03. The molecule has 0 amide bonds. The Labute approximate surface area is 125 Å². The van der Waals surface area contributed by atoms with Crippen LogP contribution in [0.3, 0.4) is 0 Å². The standard InChI is InChI=1S/C14H16Br2N2/c1-2-6-18-7-5-11(10-18)9-17-14-8-12(15)3-4-13(14)16/h3-5,7-8,10,17H,2,6,9H2,1H3. The van der Waals surface area contributed by atoms with Crippen molar-refractivity contribution in [3.8, 4) is 0 Å². The number of halogens is 2. The Morgan fingerprint density at radius 3 is 2.83 bits per heavy atom. The van der Waals surface area contributed by atoms with Crippen molar-refractivity contribution in [2.75, 3.05) is 5.32 Å². The van der Waals surface area contributed by atoms with Gasteiger partial charge in [-0.25, -0.2) is 0 Å². The second kappa shape index (κ2) is 6.43. The summed E-state index contributed by atoms with van der Waals surface area (Å²) in [6, 6.07) is 8.29. The molecule has 0 spiro atoms. The van der Waals surface area contributed by atoms with Crippen LogP contribution < -0.4 is 5.32 Å². The maximum Gasteiger partial charge on any atom is 0.0498 e. The molecule has 2 nitrogen and oxygen atoms in total. The summed E-state index contributed by atoms with van der Waals surface area (Å²) in [6.45, 7) is 4.11. The van der Waals surface area contributed by atoms with Crippen molar-refractivity contribution < 1.29 is 0 Å². The molecule has 2 aromatic rings. The first-order valence-electron chi connectivity index (χ1n) is 6.02. The lowest BCUT2D eigenvalue weighted by Gasteiger charge is -2.08. The van der Waals surface area contributed by atoms with Crippen LogP contribution in [0.1, 0.15) is 18.9 Å². The van der Waals surface area contributed by atoms with Crippen LogP contribution in [-0.2, 0) is 13.1 Å². The number of nitrogens with zero attached hydrogens (tertiary/aromatic N) is 1. The van der Waals surface area contributed by atoms with Gasteiger partial charge in [-0.1, -0.05) is 22.9 Å². The quantitative estimate of drug-likeness (QED) is 0.779. The molecule has 1 N–H and O–H groups in total. The van der Waals surface area contributed by atoms with E-state index in [4.69, 9.17) is 0 Å². The zero-order valence-corrected chi connectivity index (χ0v) is 13.5. The molecule has 0 unspecified atom stereocenters. The molecule has 0 bridgehead atoms. The Morgan fingerprint density at radius 1 is 1.22 bits per heavy atom. The number of hydrogen-bond donors (Lipinski definition) is 1. The highest BCUT2D eigenvalue weighted by Gasteiger charge is 2.01. The summed E-state index contributed by atoms with van der Waals surface area (Å²) in [5.74, 6) is 0. The number of benzene rings is 1. The van der Waals surface area contributed by atoms with Crippen molar-refractivity contribution in [2.24, 2.45) is 0 Å². The molecule has 0 aliphatic carbocycles. The number of rotatable bonds is 5. The molecule has 0 aliphatic heterocycles. The van der Waals surface area contributed by atoms with Crippen LogP contribution in [0.15, 0.2) is 45.6 Å². The van der Waals surface area contributed by atoms with Crippen LogP contribution in [-0.4, -0.2) is 4.57 Å². The first-order valence-corrected chi connectivity index (χ1v) is 7.61. The molecule has 96 valence electrons. The van der Waals surface area contributed by atoms with Gasteiger partial charge in [0.2, 0.25) is 0 Å². The maximum atomic E-state index is 3.55. The van der Waals surface area contributed by atoms with Gasteiger partial charge in [0.15, 0.2) is 0 Å². The Bertz CT molecular complexity index is 520. The van der Waals surface area contributed by atoms with Crippen molar-refractivity contribution in [2.45, 2.75) is 26.4 Å². The van der Waals surface area contributed by atoms with E-state index in [1.54, 1.807) is 0 Å². The number of aryl methyl sites for hydroxylation is 1. The summed E-state index contributed by atoms with van der Waals surface area (Å²) < 4.78 is 4.39. The second-order valence-corrected chi connectivity index (χ2v) is 6.01. The van der Waals surface area contributed by atoms with Crippen LogP contribution in [0.2, 0.25) is 0 Å². The predicted octanol–water partition coefficient (Wildman–Crippen LogP) is 5.04. The number of nitrogens with one attached hydrogen (secondary N) is 1. The van der Waals surface area contributed by atoms with Gasteiger partial charge in [0, 0.05) is 40.1 Å². The van der Waals surface area contributed by atoms with Gasteiger partial charge in [-0.2, -0.15) is 0 Å². The summed E-state index contributed by atoms with van der Waals surface area (Å²) in [5, 5.41) is 3.44. The largest absolute Gasteiger partial charge is 0.380 e. The Morgan fingerprint density at radius 2 is 2.06 bits per heavy atom. The zero-order valence-electron chi connectivity index (χ0n) is 10.3. The first-order chi connectivity index (χ1) is 8.69. The fraction of sp³-hybridized carbons (Fsp3) is 0.286. The van der Waals surface area contributed by atoms with Gasteiger partial charge in [0.25, 0.3) is 0 Å². The fourth-order valence-electron chi connectivity index (χ4n) is 1.82.